The minimum atomic E-state index is -1.54. The fourth-order valence-electron chi connectivity index (χ4n) is 14.3. The molecule has 0 aromatic heterocycles. The van der Waals surface area contributed by atoms with Crippen LogP contribution in [-0.2, 0) is 23.7 Å². The smallest absolute Gasteiger partial charge is 0.314 e. The highest BCUT2D eigenvalue weighted by atomic mass is 16.7. The van der Waals surface area contributed by atoms with Crippen LogP contribution in [0, 0.1) is 56.7 Å². The molecule has 7 aliphatic rings. The van der Waals surface area contributed by atoms with Gasteiger partial charge in [0.2, 0.25) is 6.29 Å². The second-order valence-electron chi connectivity index (χ2n) is 20.1. The maximum absolute atomic E-state index is 14.5. The Morgan fingerprint density at radius 2 is 1.26 bits per heavy atom. The maximum Gasteiger partial charge on any atom is 0.314 e. The minimum Gasteiger partial charge on any atom is -0.432 e. The van der Waals surface area contributed by atoms with Crippen LogP contribution in [0.5, 0.6) is 0 Å². The number of hydrogen-bond donors (Lipinski definition) is 6. The summed E-state index contributed by atoms with van der Waals surface area (Å²) in [6.45, 7) is 22.0. The molecule has 0 aromatic rings. The Hall–Kier alpha value is -1.15. The van der Waals surface area contributed by atoms with E-state index >= 15 is 0 Å². The summed E-state index contributed by atoms with van der Waals surface area (Å²) in [6.07, 6.45) is -3.00. The van der Waals surface area contributed by atoms with E-state index in [9.17, 15) is 35.4 Å². The van der Waals surface area contributed by atoms with Gasteiger partial charge in [-0.15, -0.1) is 0 Å². The number of carbonyl (C=O) groups excluding carboxylic acids is 1. The number of hydrogen-bond acceptors (Lipinski definition) is 11. The van der Waals surface area contributed by atoms with E-state index in [4.69, 9.17) is 18.9 Å². The van der Waals surface area contributed by atoms with E-state index < -0.39 is 66.8 Å². The molecule has 2 saturated heterocycles. The molecule has 0 unspecified atom stereocenters. The van der Waals surface area contributed by atoms with E-state index in [-0.39, 0.29) is 51.5 Å². The Labute approximate surface area is 315 Å². The van der Waals surface area contributed by atoms with Gasteiger partial charge in [0.1, 0.15) is 36.6 Å². The predicted octanol–water partition coefficient (Wildman–Crippen LogP) is 4.23. The fourth-order valence-corrected chi connectivity index (χ4v) is 14.3. The van der Waals surface area contributed by atoms with Crippen molar-refractivity contribution >= 4 is 5.97 Å². The molecule has 7 rings (SSSR count). The average Bonchev–Trinajstić information content (AvgIpc) is 3.50. The van der Waals surface area contributed by atoms with Crippen molar-refractivity contribution in [2.75, 3.05) is 0 Å². The molecule has 0 aromatic carbocycles. The van der Waals surface area contributed by atoms with Crippen molar-refractivity contribution in [2.24, 2.45) is 56.7 Å². The number of esters is 1. The van der Waals surface area contributed by atoms with Crippen molar-refractivity contribution < 1.29 is 54.4 Å². The Bertz CT molecular complexity index is 1420. The second-order valence-corrected chi connectivity index (χ2v) is 20.1. The van der Waals surface area contributed by atoms with Crippen LogP contribution in [0.3, 0.4) is 0 Å². The first-order chi connectivity index (χ1) is 24.7. The van der Waals surface area contributed by atoms with Gasteiger partial charge in [-0.3, -0.25) is 4.79 Å². The molecule has 2 aliphatic heterocycles. The van der Waals surface area contributed by atoms with Crippen LogP contribution < -0.4 is 0 Å². The van der Waals surface area contributed by atoms with Crippen molar-refractivity contribution in [3.63, 3.8) is 0 Å². The molecule has 0 amide bonds. The number of ether oxygens (including phenoxy) is 4. The Kier molecular flexibility index (Phi) is 10.2. The van der Waals surface area contributed by atoms with Crippen LogP contribution in [0.15, 0.2) is 12.2 Å². The summed E-state index contributed by atoms with van der Waals surface area (Å²) in [5, 5.41) is 63.0. The lowest BCUT2D eigenvalue weighted by molar-refractivity contribution is -0.326. The fraction of sp³-hybridized carbons (Fsp3) is 0.929. The standard InChI is InChI=1S/C42H68O11/c1-20(2)23-12-17-42(37(49)53-36-34(48)32(46)30(44)22(4)51-36)19-18-40(8)24(28(23)42)10-11-26-39(7)15-14-27(38(5,6)25(39)13-16-41(26,40)9)52-35-33(47)31(45)29(43)21(3)50-35/h21-36,43-48H,1,10-19H2,2-9H3/t21-,22-,23-,24+,25-,26+,27-,28+,29-,30-,31+,32+,33+,34+,35-,36-,39-,40+,41+,42-/m0/s1. The number of aliphatic hydroxyl groups is 6. The highest BCUT2D eigenvalue weighted by Gasteiger charge is 2.72. The second kappa shape index (κ2) is 13.5. The summed E-state index contributed by atoms with van der Waals surface area (Å²) < 4.78 is 24.2. The molecular weight excluding hydrogens is 680 g/mol. The monoisotopic (exact) mass is 748 g/mol. The summed E-state index contributed by atoms with van der Waals surface area (Å²) in [6, 6.07) is 0. The third-order valence-corrected chi connectivity index (χ3v) is 17.6. The largest absolute Gasteiger partial charge is 0.432 e. The molecule has 2 heterocycles. The van der Waals surface area contributed by atoms with Crippen LogP contribution >= 0.6 is 0 Å². The lowest BCUT2D eigenvalue weighted by atomic mass is 9.32. The highest BCUT2D eigenvalue weighted by molar-refractivity contribution is 5.78. The number of carbonyl (C=O) groups is 1. The Morgan fingerprint density at radius 3 is 1.89 bits per heavy atom. The van der Waals surface area contributed by atoms with Gasteiger partial charge < -0.3 is 49.6 Å². The van der Waals surface area contributed by atoms with E-state index in [0.717, 1.165) is 56.9 Å². The minimum absolute atomic E-state index is 0.0277. The third kappa shape index (κ3) is 5.70. The Balaban J connectivity index is 1.14. The van der Waals surface area contributed by atoms with Crippen molar-refractivity contribution in [1.82, 2.24) is 0 Å². The van der Waals surface area contributed by atoms with Crippen molar-refractivity contribution in [3.05, 3.63) is 12.2 Å². The molecule has 20 atom stereocenters. The molecule has 6 N–H and O–H groups in total. The molecule has 0 bridgehead atoms. The molecule has 53 heavy (non-hydrogen) atoms. The molecule has 302 valence electrons. The molecular formula is C42H68O11. The quantitative estimate of drug-likeness (QED) is 0.135. The van der Waals surface area contributed by atoms with E-state index in [1.54, 1.807) is 13.8 Å². The summed E-state index contributed by atoms with van der Waals surface area (Å²) in [5.74, 6) is 0.967. The van der Waals surface area contributed by atoms with Gasteiger partial charge in [-0.2, -0.15) is 0 Å². The van der Waals surface area contributed by atoms with Gasteiger partial charge in [-0.25, -0.2) is 0 Å². The van der Waals surface area contributed by atoms with Crippen LogP contribution in [0.4, 0.5) is 0 Å². The van der Waals surface area contributed by atoms with Gasteiger partial charge in [-0.05, 0) is 136 Å². The van der Waals surface area contributed by atoms with Crippen molar-refractivity contribution in [1.29, 1.82) is 0 Å². The van der Waals surface area contributed by atoms with Crippen molar-refractivity contribution in [3.8, 4) is 0 Å². The summed E-state index contributed by atoms with van der Waals surface area (Å²) in [5.41, 5.74) is 0.175. The number of rotatable bonds is 5. The highest BCUT2D eigenvalue weighted by Crippen LogP contribution is 2.77. The SMILES string of the molecule is C=C(C)[C@@H]1CC[C@]2(C(=O)O[C@@H]3O[C@@H](C)[C@H](O)[C@@H](O)[C@H]3O)CC[C@]3(C)[C@H](CC[C@@H]4[C@@]5(C)CC[C@H](O[C@@H]6O[C@@H](C)[C@H](O)[C@@H](O)[C@H]6O)C(C)(C)[C@@H]5CC[C@]43C)[C@@H]12. The first-order valence-corrected chi connectivity index (χ1v) is 20.6. The number of allylic oxidation sites excluding steroid dienone is 1. The summed E-state index contributed by atoms with van der Waals surface area (Å²) in [4.78, 5) is 14.5. The molecule has 0 spiro atoms. The molecule has 11 heteroatoms. The summed E-state index contributed by atoms with van der Waals surface area (Å²) in [7, 11) is 0. The van der Waals surface area contributed by atoms with E-state index in [1.807, 2.05) is 0 Å². The van der Waals surface area contributed by atoms with Gasteiger partial charge in [0, 0.05) is 0 Å². The molecule has 7 fully saturated rings. The van der Waals surface area contributed by atoms with Crippen LogP contribution in [-0.4, -0.2) is 104 Å². The molecule has 11 nitrogen and oxygen atoms in total. The zero-order valence-electron chi connectivity index (χ0n) is 33.2. The van der Waals surface area contributed by atoms with Crippen LogP contribution in [0.25, 0.3) is 0 Å². The van der Waals surface area contributed by atoms with Gasteiger partial charge in [0.05, 0.1) is 23.7 Å². The normalized spacial score (nSPS) is 56.3. The summed E-state index contributed by atoms with van der Waals surface area (Å²) >= 11 is 0. The van der Waals surface area contributed by atoms with E-state index in [0.29, 0.717) is 24.7 Å². The zero-order chi connectivity index (χ0) is 38.8. The van der Waals surface area contributed by atoms with Gasteiger partial charge >= 0.3 is 5.97 Å². The number of aliphatic hydroxyl groups excluding tert-OH is 6. The molecule has 0 radical (unpaired) electrons. The molecule has 5 aliphatic carbocycles. The predicted molar refractivity (Wildman–Crippen MR) is 195 cm³/mol. The van der Waals surface area contributed by atoms with E-state index in [2.05, 4.69) is 48.1 Å². The van der Waals surface area contributed by atoms with E-state index in [1.165, 1.54) is 0 Å². The van der Waals surface area contributed by atoms with Gasteiger partial charge in [0.25, 0.3) is 0 Å². The van der Waals surface area contributed by atoms with Gasteiger partial charge in [-0.1, -0.05) is 46.8 Å². The Morgan fingerprint density at radius 1 is 0.660 bits per heavy atom. The number of fused-ring (bicyclic) bond motifs is 7. The average molecular weight is 749 g/mol. The van der Waals surface area contributed by atoms with Gasteiger partial charge in [0.15, 0.2) is 6.29 Å². The maximum atomic E-state index is 14.5. The molecule has 5 saturated carbocycles. The first-order valence-electron chi connectivity index (χ1n) is 20.6. The lowest BCUT2D eigenvalue weighted by Crippen LogP contribution is -2.67. The topological polar surface area (TPSA) is 175 Å². The van der Waals surface area contributed by atoms with Crippen molar-refractivity contribution in [2.45, 2.75) is 187 Å². The third-order valence-electron chi connectivity index (χ3n) is 17.6. The van der Waals surface area contributed by atoms with Crippen LogP contribution in [0.2, 0.25) is 0 Å². The zero-order valence-corrected chi connectivity index (χ0v) is 33.2. The lowest BCUT2D eigenvalue weighted by Gasteiger charge is -2.73. The van der Waals surface area contributed by atoms with Crippen LogP contribution in [0.1, 0.15) is 120 Å². The first kappa shape index (κ1) is 40.1.